The van der Waals surface area contributed by atoms with E-state index in [9.17, 15) is 4.79 Å². The average molecular weight is 301 g/mol. The smallest absolute Gasteiger partial charge is 0.266 e. The summed E-state index contributed by atoms with van der Waals surface area (Å²) in [6.07, 6.45) is 0. The van der Waals surface area contributed by atoms with E-state index in [1.165, 1.54) is 11.3 Å². The number of hydrogen-bond donors (Lipinski definition) is 1. The number of rotatable bonds is 2. The van der Waals surface area contributed by atoms with Gasteiger partial charge in [0.25, 0.3) is 5.91 Å². The number of aromatic nitrogens is 1. The number of carbonyl (C=O) groups excluding carboxylic acids is 1. The molecule has 1 aromatic carbocycles. The number of aryl methyl sites for hydroxylation is 1. The van der Waals surface area contributed by atoms with Gasteiger partial charge in [-0.2, -0.15) is 0 Å². The Balaban J connectivity index is 1.93. The van der Waals surface area contributed by atoms with Crippen LogP contribution in [0.25, 0.3) is 11.3 Å². The lowest BCUT2D eigenvalue weighted by Gasteiger charge is -2.31. The van der Waals surface area contributed by atoms with Gasteiger partial charge >= 0.3 is 0 Å². The Morgan fingerprint density at radius 1 is 1.38 bits per heavy atom. The van der Waals surface area contributed by atoms with Crippen LogP contribution in [0.15, 0.2) is 30.3 Å². The maximum Gasteiger partial charge on any atom is 0.266 e. The van der Waals surface area contributed by atoms with Gasteiger partial charge in [-0.25, -0.2) is 4.98 Å². The lowest BCUT2D eigenvalue weighted by Crippen LogP contribution is -2.51. The van der Waals surface area contributed by atoms with Gasteiger partial charge in [0, 0.05) is 31.2 Å². The quantitative estimate of drug-likeness (QED) is 0.927. The zero-order chi connectivity index (χ0) is 14.8. The van der Waals surface area contributed by atoms with Crippen molar-refractivity contribution >= 4 is 17.2 Å². The summed E-state index contributed by atoms with van der Waals surface area (Å²) in [5.41, 5.74) is 1.82. The van der Waals surface area contributed by atoms with Crippen LogP contribution in [0, 0.1) is 6.92 Å². The van der Waals surface area contributed by atoms with Crippen molar-refractivity contribution in [1.82, 2.24) is 15.2 Å². The zero-order valence-corrected chi connectivity index (χ0v) is 13.1. The summed E-state index contributed by atoms with van der Waals surface area (Å²) in [6, 6.07) is 10.3. The molecule has 1 aromatic heterocycles. The maximum atomic E-state index is 12.8. The normalized spacial score (nSPS) is 18.8. The molecule has 5 heteroatoms. The number of hydrogen-bond acceptors (Lipinski definition) is 4. The van der Waals surface area contributed by atoms with E-state index in [4.69, 9.17) is 0 Å². The van der Waals surface area contributed by atoms with Crippen LogP contribution in [-0.4, -0.2) is 41.5 Å². The molecular formula is C16H19N3OS. The van der Waals surface area contributed by atoms with Crippen molar-refractivity contribution in [2.45, 2.75) is 19.9 Å². The highest BCUT2D eigenvalue weighted by Crippen LogP contribution is 2.29. The van der Waals surface area contributed by atoms with Gasteiger partial charge in [-0.1, -0.05) is 30.3 Å². The number of nitrogens with zero attached hydrogens (tertiary/aromatic N) is 2. The van der Waals surface area contributed by atoms with E-state index in [1.807, 2.05) is 42.2 Å². The minimum atomic E-state index is 0.104. The Kier molecular flexibility index (Phi) is 4.03. The average Bonchev–Trinajstić information content (AvgIpc) is 2.89. The largest absolute Gasteiger partial charge is 0.335 e. The molecule has 4 nitrogen and oxygen atoms in total. The monoisotopic (exact) mass is 301 g/mol. The molecule has 1 saturated heterocycles. The standard InChI is InChI=1S/C16H19N3OS/c1-11-10-19(9-8-17-11)16(20)15-14(18-12(2)21-15)13-6-4-3-5-7-13/h3-7,11,17H,8-10H2,1-2H3. The lowest BCUT2D eigenvalue weighted by atomic mass is 10.1. The fourth-order valence-corrected chi connectivity index (χ4v) is 3.53. The van der Waals surface area contributed by atoms with Crippen LogP contribution >= 0.6 is 11.3 Å². The topological polar surface area (TPSA) is 45.2 Å². The van der Waals surface area contributed by atoms with Crippen molar-refractivity contribution in [3.05, 3.63) is 40.2 Å². The molecule has 1 amide bonds. The second-order valence-electron chi connectivity index (χ2n) is 5.38. The third-order valence-corrected chi connectivity index (χ3v) is 4.59. The van der Waals surface area contributed by atoms with Crippen molar-refractivity contribution in [2.75, 3.05) is 19.6 Å². The van der Waals surface area contributed by atoms with Gasteiger partial charge in [-0.05, 0) is 13.8 Å². The molecule has 1 aliphatic heterocycles. The van der Waals surface area contributed by atoms with Gasteiger partial charge in [0.1, 0.15) is 4.88 Å². The first-order chi connectivity index (χ1) is 10.1. The predicted molar refractivity (Wildman–Crippen MR) is 85.7 cm³/mol. The van der Waals surface area contributed by atoms with Crippen LogP contribution in [0.1, 0.15) is 21.6 Å². The Morgan fingerprint density at radius 2 is 2.14 bits per heavy atom. The molecule has 2 aromatic rings. The lowest BCUT2D eigenvalue weighted by molar-refractivity contribution is 0.0714. The summed E-state index contributed by atoms with van der Waals surface area (Å²) in [5.74, 6) is 0.104. The fraction of sp³-hybridized carbons (Fsp3) is 0.375. The third kappa shape index (κ3) is 2.99. The maximum absolute atomic E-state index is 12.8. The second kappa shape index (κ2) is 5.95. The van der Waals surface area contributed by atoms with Crippen molar-refractivity contribution in [2.24, 2.45) is 0 Å². The molecule has 21 heavy (non-hydrogen) atoms. The highest BCUT2D eigenvalue weighted by Gasteiger charge is 2.26. The number of thiazole rings is 1. The van der Waals surface area contributed by atoms with Gasteiger partial charge < -0.3 is 10.2 Å². The van der Waals surface area contributed by atoms with E-state index in [0.717, 1.165) is 40.8 Å². The van der Waals surface area contributed by atoms with Crippen LogP contribution in [0.2, 0.25) is 0 Å². The Bertz CT molecular complexity index is 638. The molecule has 1 atom stereocenters. The van der Waals surface area contributed by atoms with E-state index < -0.39 is 0 Å². The van der Waals surface area contributed by atoms with Gasteiger partial charge in [-0.3, -0.25) is 4.79 Å². The molecule has 0 spiro atoms. The number of benzene rings is 1. The first-order valence-electron chi connectivity index (χ1n) is 7.20. The summed E-state index contributed by atoms with van der Waals surface area (Å²) in [7, 11) is 0. The molecule has 3 rings (SSSR count). The molecule has 2 heterocycles. The zero-order valence-electron chi connectivity index (χ0n) is 12.3. The molecule has 0 saturated carbocycles. The molecule has 0 aliphatic carbocycles. The predicted octanol–water partition coefficient (Wildman–Crippen LogP) is 2.55. The summed E-state index contributed by atoms with van der Waals surface area (Å²) >= 11 is 1.49. The van der Waals surface area contributed by atoms with E-state index in [1.54, 1.807) is 0 Å². The first-order valence-corrected chi connectivity index (χ1v) is 8.02. The molecule has 0 radical (unpaired) electrons. The Hall–Kier alpha value is -1.72. The Labute approximate surface area is 128 Å². The SMILES string of the molecule is Cc1nc(-c2ccccc2)c(C(=O)N2CCNC(C)C2)s1. The van der Waals surface area contributed by atoms with Crippen molar-refractivity contribution in [1.29, 1.82) is 0 Å². The minimum Gasteiger partial charge on any atom is -0.335 e. The van der Waals surface area contributed by atoms with Gasteiger partial charge in [0.15, 0.2) is 0 Å². The molecule has 1 aliphatic rings. The molecule has 0 bridgehead atoms. The fourth-order valence-electron chi connectivity index (χ4n) is 2.62. The molecule has 1 unspecified atom stereocenters. The van der Waals surface area contributed by atoms with Gasteiger partial charge in [-0.15, -0.1) is 11.3 Å². The van der Waals surface area contributed by atoms with Crippen molar-refractivity contribution in [3.63, 3.8) is 0 Å². The summed E-state index contributed by atoms with van der Waals surface area (Å²) in [4.78, 5) is 20.1. The number of piperazine rings is 1. The van der Waals surface area contributed by atoms with Crippen molar-refractivity contribution < 1.29 is 4.79 Å². The summed E-state index contributed by atoms with van der Waals surface area (Å²) < 4.78 is 0. The van der Waals surface area contributed by atoms with Gasteiger partial charge in [0.05, 0.1) is 10.7 Å². The molecule has 1 N–H and O–H groups in total. The van der Waals surface area contributed by atoms with E-state index in [0.29, 0.717) is 6.04 Å². The highest BCUT2D eigenvalue weighted by atomic mass is 32.1. The summed E-state index contributed by atoms with van der Waals surface area (Å²) in [5, 5.41) is 4.29. The van der Waals surface area contributed by atoms with E-state index >= 15 is 0 Å². The highest BCUT2D eigenvalue weighted by molar-refractivity contribution is 7.14. The van der Waals surface area contributed by atoms with Gasteiger partial charge in [0.2, 0.25) is 0 Å². The van der Waals surface area contributed by atoms with Crippen LogP contribution in [0.5, 0.6) is 0 Å². The number of nitrogens with one attached hydrogen (secondary N) is 1. The van der Waals surface area contributed by atoms with Crippen LogP contribution < -0.4 is 5.32 Å². The van der Waals surface area contributed by atoms with Crippen molar-refractivity contribution in [3.8, 4) is 11.3 Å². The second-order valence-corrected chi connectivity index (χ2v) is 6.59. The van der Waals surface area contributed by atoms with Crippen LogP contribution in [0.3, 0.4) is 0 Å². The Morgan fingerprint density at radius 3 is 2.86 bits per heavy atom. The van der Waals surface area contributed by atoms with E-state index in [2.05, 4.69) is 17.2 Å². The first kappa shape index (κ1) is 14.2. The minimum absolute atomic E-state index is 0.104. The third-order valence-electron chi connectivity index (χ3n) is 3.63. The summed E-state index contributed by atoms with van der Waals surface area (Å²) in [6.45, 7) is 6.42. The molecular weight excluding hydrogens is 282 g/mol. The number of carbonyl (C=O) groups is 1. The molecule has 110 valence electrons. The number of amides is 1. The van der Waals surface area contributed by atoms with Crippen LogP contribution in [0.4, 0.5) is 0 Å². The van der Waals surface area contributed by atoms with E-state index in [-0.39, 0.29) is 5.91 Å². The van der Waals surface area contributed by atoms with Crippen LogP contribution in [-0.2, 0) is 0 Å². The molecule has 1 fully saturated rings.